The highest BCUT2D eigenvalue weighted by molar-refractivity contribution is 7.10. The molecule has 0 aliphatic heterocycles. The first-order valence-electron chi connectivity index (χ1n) is 7.05. The van der Waals surface area contributed by atoms with Crippen LogP contribution in [-0.2, 0) is 0 Å². The lowest BCUT2D eigenvalue weighted by Crippen LogP contribution is -2.11. The summed E-state index contributed by atoms with van der Waals surface area (Å²) < 4.78 is 0. The van der Waals surface area contributed by atoms with Crippen molar-refractivity contribution in [3.8, 4) is 0 Å². The second-order valence-electron chi connectivity index (χ2n) is 5.39. The van der Waals surface area contributed by atoms with E-state index in [9.17, 15) is 0 Å². The molecule has 3 aromatic rings. The van der Waals surface area contributed by atoms with Gasteiger partial charge in [0.05, 0.1) is 11.6 Å². The maximum Gasteiger partial charge on any atom is 0.0703 e. The Morgan fingerprint density at radius 1 is 1.15 bits per heavy atom. The van der Waals surface area contributed by atoms with Crippen LogP contribution in [0.4, 0.5) is 5.69 Å². The predicted molar refractivity (Wildman–Crippen MR) is 85.1 cm³/mol. The lowest BCUT2D eigenvalue weighted by molar-refractivity contribution is 0.691. The summed E-state index contributed by atoms with van der Waals surface area (Å²) in [5.41, 5.74) is 2.24. The van der Waals surface area contributed by atoms with Crippen molar-refractivity contribution < 1.29 is 0 Å². The Morgan fingerprint density at radius 2 is 2.10 bits per heavy atom. The minimum absolute atomic E-state index is 0.462. The minimum Gasteiger partial charge on any atom is -0.377 e. The lowest BCUT2D eigenvalue weighted by Gasteiger charge is -2.18. The third-order valence-corrected chi connectivity index (χ3v) is 4.82. The van der Waals surface area contributed by atoms with E-state index in [1.807, 2.05) is 23.6 Å². The maximum absolute atomic E-state index is 4.37. The number of anilines is 1. The summed E-state index contributed by atoms with van der Waals surface area (Å²) >= 11 is 1.85. The van der Waals surface area contributed by atoms with Crippen LogP contribution in [0.5, 0.6) is 0 Å². The van der Waals surface area contributed by atoms with E-state index in [0.29, 0.717) is 6.04 Å². The Balaban J connectivity index is 1.65. The number of hydrogen-bond donors (Lipinski definition) is 1. The smallest absolute Gasteiger partial charge is 0.0703 e. The van der Waals surface area contributed by atoms with Crippen molar-refractivity contribution in [1.29, 1.82) is 0 Å². The first kappa shape index (κ1) is 11.9. The van der Waals surface area contributed by atoms with Gasteiger partial charge in [-0.15, -0.1) is 11.3 Å². The van der Waals surface area contributed by atoms with Gasteiger partial charge >= 0.3 is 0 Å². The third kappa shape index (κ3) is 2.29. The van der Waals surface area contributed by atoms with Gasteiger partial charge in [0.25, 0.3) is 0 Å². The van der Waals surface area contributed by atoms with E-state index in [4.69, 9.17) is 0 Å². The average molecular weight is 280 g/mol. The Hall–Kier alpha value is -1.87. The summed E-state index contributed by atoms with van der Waals surface area (Å²) in [7, 11) is 0. The topological polar surface area (TPSA) is 24.9 Å². The van der Waals surface area contributed by atoms with Gasteiger partial charge in [0, 0.05) is 22.1 Å². The van der Waals surface area contributed by atoms with Crippen molar-refractivity contribution >= 4 is 27.9 Å². The molecule has 20 heavy (non-hydrogen) atoms. The van der Waals surface area contributed by atoms with Gasteiger partial charge in [-0.2, -0.15) is 0 Å². The van der Waals surface area contributed by atoms with Crippen LogP contribution in [0.3, 0.4) is 0 Å². The molecule has 1 unspecified atom stereocenters. The van der Waals surface area contributed by atoms with Crippen molar-refractivity contribution in [2.45, 2.75) is 18.9 Å². The predicted octanol–water partition coefficient (Wildman–Crippen LogP) is 4.86. The monoisotopic (exact) mass is 280 g/mol. The molecular formula is C17H16N2S. The van der Waals surface area contributed by atoms with Gasteiger partial charge in [-0.05, 0) is 54.5 Å². The summed E-state index contributed by atoms with van der Waals surface area (Å²) in [6.07, 6.45) is 4.52. The van der Waals surface area contributed by atoms with Gasteiger partial charge in [-0.25, -0.2) is 0 Å². The highest BCUT2D eigenvalue weighted by Crippen LogP contribution is 2.44. The molecule has 1 atom stereocenters. The molecule has 1 fully saturated rings. The Morgan fingerprint density at radius 3 is 2.90 bits per heavy atom. The van der Waals surface area contributed by atoms with Crippen molar-refractivity contribution in [2.75, 3.05) is 5.32 Å². The third-order valence-electron chi connectivity index (χ3n) is 3.87. The van der Waals surface area contributed by atoms with Crippen LogP contribution in [-0.4, -0.2) is 4.98 Å². The van der Waals surface area contributed by atoms with Gasteiger partial charge in [-0.3, -0.25) is 4.98 Å². The van der Waals surface area contributed by atoms with Crippen molar-refractivity contribution in [3.63, 3.8) is 0 Å². The van der Waals surface area contributed by atoms with Crippen molar-refractivity contribution in [3.05, 3.63) is 58.9 Å². The lowest BCUT2D eigenvalue weighted by atomic mass is 10.1. The Bertz CT molecular complexity index is 717. The first-order valence-corrected chi connectivity index (χ1v) is 7.93. The van der Waals surface area contributed by atoms with Crippen LogP contribution in [0.15, 0.2) is 54.0 Å². The SMILES string of the molecule is c1csc(C(Nc2ccc3ncccc3c2)C2CC2)c1. The summed E-state index contributed by atoms with van der Waals surface area (Å²) in [4.78, 5) is 5.82. The largest absolute Gasteiger partial charge is 0.377 e. The molecule has 2 nitrogen and oxygen atoms in total. The van der Waals surface area contributed by atoms with Gasteiger partial charge in [0.2, 0.25) is 0 Å². The number of benzene rings is 1. The fourth-order valence-corrected chi connectivity index (χ4v) is 3.53. The second-order valence-corrected chi connectivity index (χ2v) is 6.37. The molecule has 100 valence electrons. The molecular weight excluding hydrogens is 264 g/mol. The van der Waals surface area contributed by atoms with E-state index in [1.165, 1.54) is 28.8 Å². The zero-order chi connectivity index (χ0) is 13.4. The zero-order valence-electron chi connectivity index (χ0n) is 11.1. The molecule has 1 saturated carbocycles. The number of thiophene rings is 1. The zero-order valence-corrected chi connectivity index (χ0v) is 11.9. The number of rotatable bonds is 4. The summed E-state index contributed by atoms with van der Waals surface area (Å²) in [5.74, 6) is 0.790. The first-order chi connectivity index (χ1) is 9.90. The number of hydrogen-bond acceptors (Lipinski definition) is 3. The van der Waals surface area contributed by atoms with Crippen LogP contribution in [0.1, 0.15) is 23.8 Å². The molecule has 0 radical (unpaired) electrons. The van der Waals surface area contributed by atoms with Gasteiger partial charge in [0.1, 0.15) is 0 Å². The second kappa shape index (κ2) is 4.91. The van der Waals surface area contributed by atoms with E-state index in [-0.39, 0.29) is 0 Å². The maximum atomic E-state index is 4.37. The van der Waals surface area contributed by atoms with Crippen LogP contribution in [0.25, 0.3) is 10.9 Å². The molecule has 1 aliphatic rings. The molecule has 4 rings (SSSR count). The summed E-state index contributed by atoms with van der Waals surface area (Å²) in [5, 5.41) is 7.07. The molecule has 0 saturated heterocycles. The molecule has 1 aliphatic carbocycles. The van der Waals surface area contributed by atoms with Gasteiger partial charge < -0.3 is 5.32 Å². The van der Waals surface area contributed by atoms with Crippen molar-refractivity contribution in [1.82, 2.24) is 4.98 Å². The van der Waals surface area contributed by atoms with Crippen LogP contribution in [0, 0.1) is 5.92 Å². The fraction of sp³-hybridized carbons (Fsp3) is 0.235. The van der Waals surface area contributed by atoms with Crippen LogP contribution < -0.4 is 5.32 Å². The average Bonchev–Trinajstić information content (AvgIpc) is 3.19. The fourth-order valence-electron chi connectivity index (χ4n) is 2.66. The van der Waals surface area contributed by atoms with E-state index in [0.717, 1.165) is 11.4 Å². The standard InChI is InChI=1S/C17H16N2S/c1-3-13-11-14(7-8-15(13)18-9-1)19-17(12-5-6-12)16-4-2-10-20-16/h1-4,7-12,17,19H,5-6H2. The van der Waals surface area contributed by atoms with E-state index in [1.54, 1.807) is 0 Å². The molecule has 0 amide bonds. The molecule has 0 spiro atoms. The normalized spacial score (nSPS) is 16.2. The molecule has 1 aromatic carbocycles. The molecule has 1 N–H and O–H groups in total. The van der Waals surface area contributed by atoms with Gasteiger partial charge in [0.15, 0.2) is 0 Å². The van der Waals surface area contributed by atoms with Crippen LogP contribution >= 0.6 is 11.3 Å². The van der Waals surface area contributed by atoms with E-state index < -0.39 is 0 Å². The summed E-state index contributed by atoms with van der Waals surface area (Å²) in [6, 6.07) is 15.4. The highest BCUT2D eigenvalue weighted by Gasteiger charge is 2.32. The number of nitrogens with one attached hydrogen (secondary N) is 1. The number of nitrogens with zero attached hydrogens (tertiary/aromatic N) is 1. The summed E-state index contributed by atoms with van der Waals surface area (Å²) in [6.45, 7) is 0. The quantitative estimate of drug-likeness (QED) is 0.738. The van der Waals surface area contributed by atoms with Crippen molar-refractivity contribution in [2.24, 2.45) is 5.92 Å². The molecule has 3 heteroatoms. The van der Waals surface area contributed by atoms with E-state index in [2.05, 4.69) is 52.1 Å². The number of pyridine rings is 1. The Kier molecular flexibility index (Phi) is 2.92. The molecule has 0 bridgehead atoms. The van der Waals surface area contributed by atoms with Gasteiger partial charge in [-0.1, -0.05) is 12.1 Å². The minimum atomic E-state index is 0.462. The van der Waals surface area contributed by atoms with Crippen LogP contribution in [0.2, 0.25) is 0 Å². The molecule has 2 heterocycles. The van der Waals surface area contributed by atoms with E-state index >= 15 is 0 Å². The number of fused-ring (bicyclic) bond motifs is 1. The number of aromatic nitrogens is 1. The Labute approximate surface area is 122 Å². The highest BCUT2D eigenvalue weighted by atomic mass is 32.1. The molecule has 2 aromatic heterocycles.